The third-order valence-corrected chi connectivity index (χ3v) is 5.47. The Labute approximate surface area is 182 Å². The summed E-state index contributed by atoms with van der Waals surface area (Å²) < 4.78 is 24.4. The monoisotopic (exact) mass is 466 g/mol. The number of carbonyl (C=O) groups is 3. The van der Waals surface area contributed by atoms with Gasteiger partial charge in [-0.15, -0.1) is 0 Å². The number of Topliss-reactive ketones (excluding diaryl/α,β-unsaturated/α-hetero) is 1. The highest BCUT2D eigenvalue weighted by Crippen LogP contribution is 2.39. The Balaban J connectivity index is 2.12. The van der Waals surface area contributed by atoms with Gasteiger partial charge in [-0.25, -0.2) is 9.36 Å². The molecule has 11 heteroatoms. The van der Waals surface area contributed by atoms with Crippen molar-refractivity contribution < 1.29 is 47.8 Å². The molecule has 1 aliphatic heterocycles. The number of aliphatic hydroxyl groups excluding tert-OH is 1. The Kier molecular flexibility index (Phi) is 13.1. The van der Waals surface area contributed by atoms with Crippen LogP contribution >= 0.6 is 7.82 Å². The van der Waals surface area contributed by atoms with Gasteiger partial charge >= 0.3 is 19.8 Å². The van der Waals surface area contributed by atoms with Gasteiger partial charge in [0.05, 0.1) is 0 Å². The number of phosphoric ester groups is 1. The number of esters is 2. The Bertz CT molecular complexity index is 617. The van der Waals surface area contributed by atoms with Gasteiger partial charge in [0.1, 0.15) is 12.7 Å². The van der Waals surface area contributed by atoms with Crippen molar-refractivity contribution >= 4 is 25.5 Å². The Morgan fingerprint density at radius 3 is 2.03 bits per heavy atom. The van der Waals surface area contributed by atoms with E-state index >= 15 is 0 Å². The van der Waals surface area contributed by atoms with Gasteiger partial charge in [0.2, 0.25) is 11.9 Å². The topological polar surface area (TPSA) is 157 Å². The molecule has 1 rings (SSSR count). The van der Waals surface area contributed by atoms with Gasteiger partial charge in [-0.3, -0.25) is 14.1 Å². The van der Waals surface area contributed by atoms with Crippen LogP contribution in [0.4, 0.5) is 0 Å². The predicted molar refractivity (Wildman–Crippen MR) is 110 cm³/mol. The van der Waals surface area contributed by atoms with Crippen LogP contribution in [0, 0.1) is 0 Å². The quantitative estimate of drug-likeness (QED) is 0.126. The van der Waals surface area contributed by atoms with Crippen LogP contribution < -0.4 is 0 Å². The highest BCUT2D eigenvalue weighted by molar-refractivity contribution is 7.46. The number of carbonyl (C=O) groups excluding carboxylic acids is 3. The normalized spacial score (nSPS) is 20.0. The first-order chi connectivity index (χ1) is 14.7. The maximum atomic E-state index is 11.9. The van der Waals surface area contributed by atoms with Crippen LogP contribution in [0.2, 0.25) is 0 Å². The van der Waals surface area contributed by atoms with E-state index in [0.29, 0.717) is 6.42 Å². The molecule has 1 heterocycles. The van der Waals surface area contributed by atoms with E-state index < -0.39 is 50.5 Å². The molecule has 10 nitrogen and oxygen atoms in total. The first-order valence-electron chi connectivity index (χ1n) is 11.0. The number of phosphoric acid groups is 1. The molecule has 3 N–H and O–H groups in total. The standard InChI is InChI=1S/C20H35O10P/c1-2-3-4-5-6-7-8-9-10-11-12-13-16(22)28-14-15(21)18-17(23)19(20(24)29-18)30-31(25,26)27/h15,18-19,21H,2-14H2,1H3,(H2,25,26,27)/t15-,18+,19?/m0/s1. The molecule has 0 aromatic heterocycles. The van der Waals surface area contributed by atoms with Crippen LogP contribution in [0.15, 0.2) is 0 Å². The molecule has 1 aliphatic rings. The van der Waals surface area contributed by atoms with E-state index in [1.54, 1.807) is 0 Å². The zero-order chi connectivity index (χ0) is 23.3. The molecule has 0 radical (unpaired) electrons. The van der Waals surface area contributed by atoms with E-state index in [1.165, 1.54) is 44.9 Å². The summed E-state index contributed by atoms with van der Waals surface area (Å²) in [5.41, 5.74) is 0. The molecule has 0 aromatic rings. The van der Waals surface area contributed by atoms with Gasteiger partial charge in [-0.05, 0) is 6.42 Å². The lowest BCUT2D eigenvalue weighted by Gasteiger charge is -2.15. The number of ketones is 1. The van der Waals surface area contributed by atoms with Crippen LogP contribution in [-0.4, -0.2) is 57.5 Å². The summed E-state index contributed by atoms with van der Waals surface area (Å²) in [6.07, 6.45) is 7.31. The summed E-state index contributed by atoms with van der Waals surface area (Å²) in [5.74, 6) is -3.00. The van der Waals surface area contributed by atoms with Crippen molar-refractivity contribution in [3.63, 3.8) is 0 Å². The first kappa shape index (κ1) is 27.7. The molecule has 0 saturated carbocycles. The zero-order valence-corrected chi connectivity index (χ0v) is 19.0. The largest absolute Gasteiger partial charge is 0.470 e. The highest BCUT2D eigenvalue weighted by atomic mass is 31.2. The van der Waals surface area contributed by atoms with E-state index in [-0.39, 0.29) is 6.42 Å². The van der Waals surface area contributed by atoms with Gasteiger partial charge in [-0.1, -0.05) is 71.1 Å². The second-order valence-electron chi connectivity index (χ2n) is 7.77. The number of cyclic esters (lactones) is 1. The lowest BCUT2D eigenvalue weighted by atomic mass is 10.1. The van der Waals surface area contributed by atoms with Crippen LogP contribution in [-0.2, 0) is 32.9 Å². The minimum Gasteiger partial charge on any atom is -0.463 e. The fraction of sp³-hybridized carbons (Fsp3) is 0.850. The third-order valence-electron chi connectivity index (χ3n) is 4.99. The summed E-state index contributed by atoms with van der Waals surface area (Å²) in [6.45, 7) is 1.62. The third kappa shape index (κ3) is 11.8. The maximum absolute atomic E-state index is 11.9. The molecular weight excluding hydrogens is 431 g/mol. The lowest BCUT2D eigenvalue weighted by Crippen LogP contribution is -2.38. The summed E-state index contributed by atoms with van der Waals surface area (Å²) in [5, 5.41) is 9.94. The van der Waals surface area contributed by atoms with E-state index in [1.807, 2.05) is 0 Å². The minimum absolute atomic E-state index is 0.173. The second kappa shape index (κ2) is 14.7. The molecule has 0 aromatic carbocycles. The molecule has 1 unspecified atom stereocenters. The smallest absolute Gasteiger partial charge is 0.463 e. The van der Waals surface area contributed by atoms with Crippen molar-refractivity contribution in [3.05, 3.63) is 0 Å². The van der Waals surface area contributed by atoms with Crippen molar-refractivity contribution in [2.24, 2.45) is 0 Å². The van der Waals surface area contributed by atoms with Crippen molar-refractivity contribution in [2.45, 2.75) is 102 Å². The summed E-state index contributed by atoms with van der Waals surface area (Å²) in [6, 6.07) is 0. The van der Waals surface area contributed by atoms with E-state index in [9.17, 15) is 24.1 Å². The number of aliphatic hydroxyl groups is 1. The Morgan fingerprint density at radius 2 is 1.52 bits per heavy atom. The zero-order valence-electron chi connectivity index (χ0n) is 18.1. The molecule has 0 spiro atoms. The van der Waals surface area contributed by atoms with Gasteiger partial charge in [0, 0.05) is 6.42 Å². The lowest BCUT2D eigenvalue weighted by molar-refractivity contribution is -0.156. The van der Waals surface area contributed by atoms with Crippen LogP contribution in [0.1, 0.15) is 84.0 Å². The summed E-state index contributed by atoms with van der Waals surface area (Å²) >= 11 is 0. The van der Waals surface area contributed by atoms with Crippen LogP contribution in [0.25, 0.3) is 0 Å². The van der Waals surface area contributed by atoms with Gasteiger partial charge in [0.15, 0.2) is 6.10 Å². The number of hydrogen-bond donors (Lipinski definition) is 3. The van der Waals surface area contributed by atoms with Crippen molar-refractivity contribution in [2.75, 3.05) is 6.61 Å². The molecular formula is C20H35O10P. The molecule has 0 amide bonds. The van der Waals surface area contributed by atoms with Gasteiger partial charge < -0.3 is 24.4 Å². The number of rotatable bonds is 17. The molecule has 0 aliphatic carbocycles. The van der Waals surface area contributed by atoms with Gasteiger partial charge in [-0.2, -0.15) is 0 Å². The number of ether oxygens (including phenoxy) is 2. The first-order valence-corrected chi connectivity index (χ1v) is 12.5. The fourth-order valence-electron chi connectivity index (χ4n) is 3.28. The molecule has 0 bridgehead atoms. The molecule has 31 heavy (non-hydrogen) atoms. The van der Waals surface area contributed by atoms with E-state index in [0.717, 1.165) is 19.3 Å². The van der Waals surface area contributed by atoms with Crippen LogP contribution in [0.5, 0.6) is 0 Å². The Hall–Kier alpha value is -1.32. The average Bonchev–Trinajstić information content (AvgIpc) is 2.97. The van der Waals surface area contributed by atoms with E-state index in [4.69, 9.17) is 14.5 Å². The van der Waals surface area contributed by atoms with E-state index in [2.05, 4.69) is 16.2 Å². The summed E-state index contributed by atoms with van der Waals surface area (Å²) in [7, 11) is -5.10. The molecule has 1 saturated heterocycles. The molecule has 1 fully saturated rings. The number of unbranched alkanes of at least 4 members (excludes halogenated alkanes) is 10. The van der Waals surface area contributed by atoms with Crippen LogP contribution in [0.3, 0.4) is 0 Å². The SMILES string of the molecule is CCCCCCCCCCCCCC(=O)OC[C@H](O)[C@H]1OC(=O)C(OP(=O)(O)O)C1=O. The Morgan fingerprint density at radius 1 is 1.00 bits per heavy atom. The predicted octanol–water partition coefficient (Wildman–Crippen LogP) is 2.56. The average molecular weight is 466 g/mol. The van der Waals surface area contributed by atoms with Gasteiger partial charge in [0.25, 0.3) is 0 Å². The highest BCUT2D eigenvalue weighted by Gasteiger charge is 2.50. The fourth-order valence-corrected chi connectivity index (χ4v) is 3.75. The molecule has 3 atom stereocenters. The second-order valence-corrected chi connectivity index (χ2v) is 8.96. The van der Waals surface area contributed by atoms with Crippen molar-refractivity contribution in [1.29, 1.82) is 0 Å². The number of hydrogen-bond acceptors (Lipinski definition) is 8. The molecule has 180 valence electrons. The van der Waals surface area contributed by atoms with Crippen molar-refractivity contribution in [1.82, 2.24) is 0 Å². The summed E-state index contributed by atoms with van der Waals surface area (Å²) in [4.78, 5) is 52.7. The minimum atomic E-state index is -5.10. The maximum Gasteiger partial charge on any atom is 0.470 e. The van der Waals surface area contributed by atoms with Crippen molar-refractivity contribution in [3.8, 4) is 0 Å².